The molecule has 7 heteroatoms. The number of amides is 2. The summed E-state index contributed by atoms with van der Waals surface area (Å²) in [6.07, 6.45) is 1.41. The molecule has 0 radical (unpaired) electrons. The van der Waals surface area contributed by atoms with Crippen LogP contribution >= 0.6 is 12.4 Å². The second-order valence-electron chi connectivity index (χ2n) is 8.07. The lowest BCUT2D eigenvalue weighted by Gasteiger charge is -2.45. The van der Waals surface area contributed by atoms with Gasteiger partial charge in [-0.25, -0.2) is 0 Å². The summed E-state index contributed by atoms with van der Waals surface area (Å²) in [6.45, 7) is 5.58. The molecule has 0 bridgehead atoms. The van der Waals surface area contributed by atoms with E-state index < -0.39 is 5.54 Å². The molecule has 2 heterocycles. The molecule has 0 aliphatic carbocycles. The summed E-state index contributed by atoms with van der Waals surface area (Å²) in [7, 11) is 0. The van der Waals surface area contributed by atoms with Crippen molar-refractivity contribution in [3.63, 3.8) is 0 Å². The molecular formula is C23H29ClN4O2. The quantitative estimate of drug-likeness (QED) is 0.699. The van der Waals surface area contributed by atoms with Crippen molar-refractivity contribution in [1.82, 2.24) is 10.6 Å². The third kappa shape index (κ3) is 4.30. The molecule has 160 valence electrons. The molecular weight excluding hydrogens is 400 g/mol. The van der Waals surface area contributed by atoms with E-state index in [2.05, 4.69) is 16.0 Å². The first-order valence-corrected chi connectivity index (χ1v) is 10.2. The number of halogens is 1. The summed E-state index contributed by atoms with van der Waals surface area (Å²) >= 11 is 0. The lowest BCUT2D eigenvalue weighted by atomic mass is 9.84. The average Bonchev–Trinajstić information content (AvgIpc) is 2.72. The molecule has 0 aromatic heterocycles. The first-order chi connectivity index (χ1) is 14.0. The molecule has 1 atom stereocenters. The fraction of sp³-hybridized carbons (Fsp3) is 0.391. The maximum Gasteiger partial charge on any atom is 0.253 e. The summed E-state index contributed by atoms with van der Waals surface area (Å²) in [5.74, 6) is -0.178. The molecule has 2 aromatic rings. The van der Waals surface area contributed by atoms with E-state index in [1.165, 1.54) is 5.56 Å². The van der Waals surface area contributed by atoms with Gasteiger partial charge >= 0.3 is 0 Å². The van der Waals surface area contributed by atoms with Crippen LogP contribution in [-0.2, 0) is 9.59 Å². The van der Waals surface area contributed by atoms with Crippen molar-refractivity contribution in [2.45, 2.75) is 38.3 Å². The molecule has 2 amide bonds. The minimum absolute atomic E-state index is 0. The Morgan fingerprint density at radius 1 is 1.13 bits per heavy atom. The fourth-order valence-electron chi connectivity index (χ4n) is 4.21. The van der Waals surface area contributed by atoms with Crippen LogP contribution in [0.15, 0.2) is 48.5 Å². The molecule has 2 aromatic carbocycles. The van der Waals surface area contributed by atoms with Gasteiger partial charge < -0.3 is 16.0 Å². The third-order valence-corrected chi connectivity index (χ3v) is 5.94. The normalized spacial score (nSPS) is 18.1. The fourth-order valence-corrected chi connectivity index (χ4v) is 4.21. The van der Waals surface area contributed by atoms with Gasteiger partial charge in [-0.3, -0.25) is 14.5 Å². The van der Waals surface area contributed by atoms with Gasteiger partial charge in [0.2, 0.25) is 5.91 Å². The molecule has 1 spiro atoms. The van der Waals surface area contributed by atoms with Crippen molar-refractivity contribution in [2.75, 3.05) is 29.9 Å². The lowest BCUT2D eigenvalue weighted by Crippen LogP contribution is -2.62. The Morgan fingerprint density at radius 3 is 2.50 bits per heavy atom. The summed E-state index contributed by atoms with van der Waals surface area (Å²) < 4.78 is 0. The number of fused-ring (bicyclic) bond motifs is 1. The second-order valence-corrected chi connectivity index (χ2v) is 8.07. The Kier molecular flexibility index (Phi) is 6.68. The molecule has 1 saturated heterocycles. The van der Waals surface area contributed by atoms with Gasteiger partial charge in [0.25, 0.3) is 5.91 Å². The molecule has 6 nitrogen and oxygen atoms in total. The van der Waals surface area contributed by atoms with Gasteiger partial charge in [-0.1, -0.05) is 42.0 Å². The van der Waals surface area contributed by atoms with Crippen LogP contribution in [0.5, 0.6) is 0 Å². The summed E-state index contributed by atoms with van der Waals surface area (Å²) in [5.41, 5.74) is 3.27. The van der Waals surface area contributed by atoms with Crippen molar-refractivity contribution in [3.8, 4) is 0 Å². The molecule has 3 N–H and O–H groups in total. The van der Waals surface area contributed by atoms with Crippen molar-refractivity contribution in [3.05, 3.63) is 59.7 Å². The van der Waals surface area contributed by atoms with Crippen LogP contribution < -0.4 is 20.9 Å². The SMILES string of the molecule is Cc1ccc(C(C)NC(=O)CN2C(=O)C3(CCNCC3)Nc3ccccc32)cc1.Cl. The van der Waals surface area contributed by atoms with E-state index >= 15 is 0 Å². The van der Waals surface area contributed by atoms with Crippen molar-refractivity contribution in [2.24, 2.45) is 0 Å². The van der Waals surface area contributed by atoms with Gasteiger partial charge in [0.1, 0.15) is 12.1 Å². The van der Waals surface area contributed by atoms with E-state index in [4.69, 9.17) is 0 Å². The van der Waals surface area contributed by atoms with E-state index in [1.807, 2.05) is 62.4 Å². The minimum Gasteiger partial charge on any atom is -0.369 e. The third-order valence-electron chi connectivity index (χ3n) is 5.94. The topological polar surface area (TPSA) is 73.5 Å². The Balaban J connectivity index is 0.00000256. The van der Waals surface area contributed by atoms with E-state index in [0.29, 0.717) is 12.8 Å². The smallest absolute Gasteiger partial charge is 0.253 e. The van der Waals surface area contributed by atoms with Crippen LogP contribution in [-0.4, -0.2) is 37.0 Å². The molecule has 4 rings (SSSR count). The number of carbonyl (C=O) groups excluding carboxylic acids is 2. The first-order valence-electron chi connectivity index (χ1n) is 10.2. The maximum atomic E-state index is 13.4. The van der Waals surface area contributed by atoms with Crippen LogP contribution in [0.3, 0.4) is 0 Å². The standard InChI is InChI=1S/C23H28N4O2.ClH/c1-16-7-9-18(10-8-16)17(2)25-21(28)15-27-20-6-4-3-5-19(20)26-23(22(27)29)11-13-24-14-12-23;/h3-10,17,24,26H,11-15H2,1-2H3,(H,25,28);1H. The highest BCUT2D eigenvalue weighted by molar-refractivity contribution is 6.10. The highest BCUT2D eigenvalue weighted by Crippen LogP contribution is 2.38. The van der Waals surface area contributed by atoms with Crippen LogP contribution in [0.1, 0.15) is 36.9 Å². The molecule has 2 aliphatic heterocycles. The zero-order valence-corrected chi connectivity index (χ0v) is 18.2. The summed E-state index contributed by atoms with van der Waals surface area (Å²) in [5, 5.41) is 9.83. The molecule has 1 unspecified atom stereocenters. The number of nitrogens with zero attached hydrogens (tertiary/aromatic N) is 1. The van der Waals surface area contributed by atoms with Crippen molar-refractivity contribution >= 4 is 35.6 Å². The predicted octanol–water partition coefficient (Wildman–Crippen LogP) is 3.17. The minimum atomic E-state index is -0.636. The lowest BCUT2D eigenvalue weighted by molar-refractivity contribution is -0.127. The van der Waals surface area contributed by atoms with Gasteiger partial charge in [0.15, 0.2) is 0 Å². The molecule has 1 fully saturated rings. The van der Waals surface area contributed by atoms with Crippen LogP contribution in [0.4, 0.5) is 11.4 Å². The van der Waals surface area contributed by atoms with Gasteiger partial charge in [0.05, 0.1) is 17.4 Å². The molecule has 30 heavy (non-hydrogen) atoms. The largest absolute Gasteiger partial charge is 0.369 e. The van der Waals surface area contributed by atoms with Gasteiger partial charge in [0, 0.05) is 0 Å². The number of hydrogen-bond donors (Lipinski definition) is 3. The van der Waals surface area contributed by atoms with E-state index in [1.54, 1.807) is 4.90 Å². The van der Waals surface area contributed by atoms with E-state index in [9.17, 15) is 9.59 Å². The summed E-state index contributed by atoms with van der Waals surface area (Å²) in [4.78, 5) is 27.9. The predicted molar refractivity (Wildman–Crippen MR) is 122 cm³/mol. The van der Waals surface area contributed by atoms with Crippen LogP contribution in [0, 0.1) is 6.92 Å². The number of hydrogen-bond acceptors (Lipinski definition) is 4. The number of anilines is 2. The number of rotatable bonds is 4. The van der Waals surface area contributed by atoms with Crippen molar-refractivity contribution < 1.29 is 9.59 Å². The number of benzene rings is 2. The molecule has 2 aliphatic rings. The first kappa shape index (κ1) is 22.1. The number of para-hydroxylation sites is 2. The Morgan fingerprint density at radius 2 is 1.80 bits per heavy atom. The van der Waals surface area contributed by atoms with Crippen molar-refractivity contribution in [1.29, 1.82) is 0 Å². The Hall–Kier alpha value is -2.57. The van der Waals surface area contributed by atoms with Crippen LogP contribution in [0.2, 0.25) is 0 Å². The highest BCUT2D eigenvalue weighted by atomic mass is 35.5. The number of nitrogens with one attached hydrogen (secondary N) is 3. The van der Waals surface area contributed by atoms with E-state index in [0.717, 1.165) is 30.0 Å². The van der Waals surface area contributed by atoms with Gasteiger partial charge in [-0.2, -0.15) is 0 Å². The Labute approximate surface area is 183 Å². The zero-order chi connectivity index (χ0) is 20.4. The van der Waals surface area contributed by atoms with E-state index in [-0.39, 0.29) is 36.8 Å². The number of carbonyl (C=O) groups is 2. The maximum absolute atomic E-state index is 13.4. The van der Waals surface area contributed by atoms with Gasteiger partial charge in [-0.05, 0) is 57.5 Å². The highest BCUT2D eigenvalue weighted by Gasteiger charge is 2.46. The number of aryl methyl sites for hydroxylation is 1. The van der Waals surface area contributed by atoms with Gasteiger partial charge in [-0.15, -0.1) is 12.4 Å². The average molecular weight is 429 g/mol. The zero-order valence-electron chi connectivity index (χ0n) is 17.4. The number of piperidine rings is 1. The summed E-state index contributed by atoms with van der Waals surface area (Å²) in [6, 6.07) is 15.7. The van der Waals surface area contributed by atoms with Crippen LogP contribution in [0.25, 0.3) is 0 Å². The monoisotopic (exact) mass is 428 g/mol. The second kappa shape index (κ2) is 9.06. The molecule has 0 saturated carbocycles. The Bertz CT molecular complexity index is 910.